The second-order valence-electron chi connectivity index (χ2n) is 7.33. The zero-order chi connectivity index (χ0) is 23.4. The van der Waals surface area contributed by atoms with Crippen LogP contribution in [0.5, 0.6) is 17.2 Å². The maximum atomic E-state index is 13.3. The highest BCUT2D eigenvalue weighted by Gasteiger charge is 2.35. The number of aromatic nitrogens is 3. The molecule has 2 heterocycles. The number of hydrazone groups is 1. The average Bonchev–Trinajstić information content (AvgIpc) is 3.48. The Labute approximate surface area is 196 Å². The molecule has 0 fully saturated rings. The highest BCUT2D eigenvalue weighted by Crippen LogP contribution is 2.42. The highest BCUT2D eigenvalue weighted by atomic mass is 32.2. The van der Waals surface area contributed by atoms with Gasteiger partial charge in [0.2, 0.25) is 0 Å². The van der Waals surface area contributed by atoms with Gasteiger partial charge in [-0.25, -0.2) is 5.01 Å². The van der Waals surface area contributed by atoms with Gasteiger partial charge in [-0.3, -0.25) is 4.79 Å². The number of aryl methyl sites for hydroxylation is 1. The van der Waals surface area contributed by atoms with E-state index in [1.165, 1.54) is 11.8 Å². The number of carbonyl (C=O) groups is 1. The fourth-order valence-electron chi connectivity index (χ4n) is 3.71. The van der Waals surface area contributed by atoms with Crippen LogP contribution in [0.3, 0.4) is 0 Å². The normalized spacial score (nSPS) is 15.3. The molecule has 33 heavy (non-hydrogen) atoms. The van der Waals surface area contributed by atoms with Crippen LogP contribution in [0.15, 0.2) is 59.0 Å². The van der Waals surface area contributed by atoms with Gasteiger partial charge in [-0.05, 0) is 35.9 Å². The van der Waals surface area contributed by atoms with Gasteiger partial charge in [0, 0.05) is 19.0 Å². The van der Waals surface area contributed by atoms with E-state index >= 15 is 0 Å². The number of ether oxygens (including phenoxy) is 3. The van der Waals surface area contributed by atoms with Crippen LogP contribution >= 0.6 is 11.8 Å². The van der Waals surface area contributed by atoms with Gasteiger partial charge in [0.05, 0.1) is 38.8 Å². The Bertz CT molecular complexity index is 1160. The fraction of sp³-hybridized carbons (Fsp3) is 0.304. The van der Waals surface area contributed by atoms with E-state index in [0.717, 1.165) is 22.6 Å². The van der Waals surface area contributed by atoms with Gasteiger partial charge in [-0.15, -0.1) is 10.2 Å². The summed E-state index contributed by atoms with van der Waals surface area (Å²) in [6.45, 7) is 0. The minimum Gasteiger partial charge on any atom is -0.497 e. The smallest absolute Gasteiger partial charge is 0.253 e. The third kappa shape index (κ3) is 4.65. The molecule has 0 saturated carbocycles. The van der Waals surface area contributed by atoms with Crippen molar-refractivity contribution < 1.29 is 19.0 Å². The molecule has 1 aromatic heterocycles. The summed E-state index contributed by atoms with van der Waals surface area (Å²) in [5.74, 6) is 2.00. The summed E-state index contributed by atoms with van der Waals surface area (Å²) >= 11 is 1.32. The van der Waals surface area contributed by atoms with Crippen LogP contribution in [0, 0.1) is 0 Å². The summed E-state index contributed by atoms with van der Waals surface area (Å²) in [5.41, 5.74) is 2.57. The van der Waals surface area contributed by atoms with Gasteiger partial charge in [0.15, 0.2) is 16.7 Å². The predicted molar refractivity (Wildman–Crippen MR) is 125 cm³/mol. The van der Waals surface area contributed by atoms with Gasteiger partial charge >= 0.3 is 0 Å². The maximum absolute atomic E-state index is 13.3. The minimum atomic E-state index is -0.334. The molecule has 10 heteroatoms. The first-order chi connectivity index (χ1) is 16.0. The molecule has 1 aliphatic heterocycles. The lowest BCUT2D eigenvalue weighted by Crippen LogP contribution is -2.29. The zero-order valence-corrected chi connectivity index (χ0v) is 19.7. The monoisotopic (exact) mass is 467 g/mol. The summed E-state index contributed by atoms with van der Waals surface area (Å²) in [4.78, 5) is 13.3. The second kappa shape index (κ2) is 9.95. The first kappa shape index (κ1) is 22.7. The van der Waals surface area contributed by atoms with Crippen molar-refractivity contribution in [1.29, 1.82) is 0 Å². The molecule has 0 radical (unpaired) electrons. The second-order valence-corrected chi connectivity index (χ2v) is 8.27. The molecule has 3 aromatic rings. The van der Waals surface area contributed by atoms with Crippen LogP contribution in [0.4, 0.5) is 0 Å². The van der Waals surface area contributed by atoms with Gasteiger partial charge in [0.1, 0.15) is 12.1 Å². The van der Waals surface area contributed by atoms with Gasteiger partial charge in [-0.2, -0.15) is 5.10 Å². The topological polar surface area (TPSA) is 91.1 Å². The number of nitrogens with zero attached hydrogens (tertiary/aromatic N) is 5. The molecule has 0 spiro atoms. The SMILES string of the molecule is COc1ccc(C2=NN(C(=O)CSc3nncn3C)C(c3cccc(OC)c3OC)C2)cc1. The third-order valence-electron chi connectivity index (χ3n) is 5.38. The molecular weight excluding hydrogens is 442 g/mol. The lowest BCUT2D eigenvalue weighted by atomic mass is 9.97. The molecule has 1 unspecified atom stereocenters. The lowest BCUT2D eigenvalue weighted by Gasteiger charge is -2.24. The van der Waals surface area contributed by atoms with E-state index in [0.29, 0.717) is 23.1 Å². The molecule has 1 amide bonds. The Morgan fingerprint density at radius 2 is 1.88 bits per heavy atom. The summed E-state index contributed by atoms with van der Waals surface area (Å²) in [6, 6.07) is 13.0. The van der Waals surface area contributed by atoms with E-state index in [2.05, 4.69) is 10.2 Å². The Morgan fingerprint density at radius 1 is 1.09 bits per heavy atom. The minimum absolute atomic E-state index is 0.138. The Hall–Kier alpha value is -3.53. The van der Waals surface area contributed by atoms with Crippen LogP contribution in [0.25, 0.3) is 0 Å². The van der Waals surface area contributed by atoms with Crippen molar-refractivity contribution in [3.63, 3.8) is 0 Å². The van der Waals surface area contributed by atoms with Crippen molar-refractivity contribution in [2.45, 2.75) is 17.6 Å². The predicted octanol–water partition coefficient (Wildman–Crippen LogP) is 3.31. The fourth-order valence-corrected chi connectivity index (χ4v) is 4.45. The number of para-hydroxylation sites is 1. The van der Waals surface area contributed by atoms with Crippen molar-refractivity contribution >= 4 is 23.4 Å². The Balaban J connectivity index is 1.66. The van der Waals surface area contributed by atoms with Crippen LogP contribution in [-0.2, 0) is 11.8 Å². The van der Waals surface area contributed by atoms with E-state index in [1.54, 1.807) is 37.2 Å². The largest absolute Gasteiger partial charge is 0.497 e. The quantitative estimate of drug-likeness (QED) is 0.470. The number of hydrogen-bond acceptors (Lipinski definition) is 8. The molecule has 172 valence electrons. The number of hydrogen-bond donors (Lipinski definition) is 0. The van der Waals surface area contributed by atoms with Crippen LogP contribution in [0.1, 0.15) is 23.6 Å². The van der Waals surface area contributed by atoms with Gasteiger partial charge < -0.3 is 18.8 Å². The number of benzene rings is 2. The molecule has 2 aromatic carbocycles. The van der Waals surface area contributed by atoms with Gasteiger partial charge in [0.25, 0.3) is 5.91 Å². The number of rotatable bonds is 8. The van der Waals surface area contributed by atoms with E-state index in [1.807, 2.05) is 49.5 Å². The Morgan fingerprint density at radius 3 is 2.52 bits per heavy atom. The van der Waals surface area contributed by atoms with Crippen molar-refractivity contribution in [2.24, 2.45) is 12.1 Å². The molecule has 0 N–H and O–H groups in total. The number of methoxy groups -OCH3 is 3. The van der Waals surface area contributed by atoms with E-state index in [9.17, 15) is 4.79 Å². The van der Waals surface area contributed by atoms with Crippen molar-refractivity contribution in [2.75, 3.05) is 27.1 Å². The molecule has 9 nitrogen and oxygen atoms in total. The lowest BCUT2D eigenvalue weighted by molar-refractivity contribution is -0.130. The van der Waals surface area contributed by atoms with Crippen LogP contribution in [0.2, 0.25) is 0 Å². The average molecular weight is 468 g/mol. The standard InChI is InChI=1S/C23H25N5O4S/c1-27-14-24-25-23(27)33-13-21(29)28-19(17-6-5-7-20(31-3)22(17)32-4)12-18(26-28)15-8-10-16(30-2)11-9-15/h5-11,14,19H,12-13H2,1-4H3. The molecule has 0 bridgehead atoms. The first-order valence-electron chi connectivity index (χ1n) is 10.3. The van der Waals surface area contributed by atoms with Crippen molar-refractivity contribution in [3.8, 4) is 17.2 Å². The van der Waals surface area contributed by atoms with E-state index in [4.69, 9.17) is 19.3 Å². The van der Waals surface area contributed by atoms with Gasteiger partial charge in [-0.1, -0.05) is 23.9 Å². The summed E-state index contributed by atoms with van der Waals surface area (Å²) in [5, 5.41) is 14.8. The molecular formula is C23H25N5O4S. The van der Waals surface area contributed by atoms with Crippen molar-refractivity contribution in [1.82, 2.24) is 19.8 Å². The number of thioether (sulfide) groups is 1. The molecule has 1 atom stereocenters. The zero-order valence-electron chi connectivity index (χ0n) is 18.9. The van der Waals surface area contributed by atoms with E-state index < -0.39 is 0 Å². The summed E-state index contributed by atoms with van der Waals surface area (Å²) in [6.07, 6.45) is 2.14. The van der Waals surface area contributed by atoms with Crippen LogP contribution < -0.4 is 14.2 Å². The molecule has 1 aliphatic rings. The summed E-state index contributed by atoms with van der Waals surface area (Å²) in [7, 11) is 6.66. The van der Waals surface area contributed by atoms with E-state index in [-0.39, 0.29) is 17.7 Å². The third-order valence-corrected chi connectivity index (χ3v) is 6.40. The highest BCUT2D eigenvalue weighted by molar-refractivity contribution is 7.99. The van der Waals surface area contributed by atoms with Crippen LogP contribution in [-0.4, -0.2) is 58.5 Å². The maximum Gasteiger partial charge on any atom is 0.253 e. The first-order valence-corrected chi connectivity index (χ1v) is 11.3. The summed E-state index contributed by atoms with van der Waals surface area (Å²) < 4.78 is 18.2. The van der Waals surface area contributed by atoms with Crippen molar-refractivity contribution in [3.05, 3.63) is 59.9 Å². The Kier molecular flexibility index (Phi) is 6.83. The number of amides is 1. The molecule has 0 saturated heterocycles. The molecule has 0 aliphatic carbocycles. The number of carbonyl (C=O) groups excluding carboxylic acids is 1. The molecule has 4 rings (SSSR count).